The predicted octanol–water partition coefficient (Wildman–Crippen LogP) is 2.24. The van der Waals surface area contributed by atoms with Crippen molar-refractivity contribution < 1.29 is 28.2 Å². The van der Waals surface area contributed by atoms with E-state index in [0.717, 1.165) is 12.1 Å². The van der Waals surface area contributed by atoms with Crippen LogP contribution < -0.4 is 0 Å². The van der Waals surface area contributed by atoms with Gasteiger partial charge >= 0.3 is 5.97 Å². The highest BCUT2D eigenvalue weighted by Gasteiger charge is 2.49. The Hall–Kier alpha value is -2.68. The van der Waals surface area contributed by atoms with E-state index in [4.69, 9.17) is 4.74 Å². The molecule has 152 valence electrons. The van der Waals surface area contributed by atoms with E-state index in [2.05, 4.69) is 10.1 Å². The third kappa shape index (κ3) is 4.09. The third-order valence-corrected chi connectivity index (χ3v) is 4.78. The Morgan fingerprint density at radius 3 is 2.54 bits per heavy atom. The van der Waals surface area contributed by atoms with Crippen molar-refractivity contribution in [1.82, 2.24) is 14.8 Å². The van der Waals surface area contributed by atoms with Gasteiger partial charge in [-0.3, -0.25) is 9.59 Å². The number of hydrogen-bond donors (Lipinski definition) is 1. The summed E-state index contributed by atoms with van der Waals surface area (Å²) >= 11 is 0. The molecule has 0 aliphatic heterocycles. The van der Waals surface area contributed by atoms with Gasteiger partial charge in [-0.15, -0.1) is 0 Å². The van der Waals surface area contributed by atoms with Crippen molar-refractivity contribution in [3.05, 3.63) is 48.1 Å². The monoisotopic (exact) mass is 395 g/mol. The minimum Gasteiger partial charge on any atom is -0.465 e. The highest BCUT2D eigenvalue weighted by atomic mass is 19.1. The van der Waals surface area contributed by atoms with E-state index in [0.29, 0.717) is 6.07 Å². The number of ether oxygens (including phenoxy) is 1. The van der Waals surface area contributed by atoms with Gasteiger partial charge in [0.1, 0.15) is 35.3 Å². The SMILES string of the molecule is CCOC(=O)C(C)(C)C(=O)C(C)C(O)(Cn1cncn1)c1ccc(F)cc1F. The van der Waals surface area contributed by atoms with Crippen LogP contribution in [0.15, 0.2) is 30.9 Å². The first kappa shape index (κ1) is 21.6. The van der Waals surface area contributed by atoms with Gasteiger partial charge in [-0.1, -0.05) is 13.0 Å². The summed E-state index contributed by atoms with van der Waals surface area (Å²) in [7, 11) is 0. The molecule has 2 rings (SSSR count). The molecule has 28 heavy (non-hydrogen) atoms. The minimum absolute atomic E-state index is 0.0831. The van der Waals surface area contributed by atoms with Gasteiger partial charge in [0.15, 0.2) is 5.78 Å². The largest absolute Gasteiger partial charge is 0.465 e. The molecule has 9 heteroatoms. The van der Waals surface area contributed by atoms with Crippen LogP contribution in [0.3, 0.4) is 0 Å². The fourth-order valence-electron chi connectivity index (χ4n) is 3.03. The zero-order valence-corrected chi connectivity index (χ0v) is 16.1. The molecule has 0 saturated carbocycles. The molecule has 2 aromatic rings. The van der Waals surface area contributed by atoms with Crippen LogP contribution in [0.25, 0.3) is 0 Å². The van der Waals surface area contributed by atoms with E-state index in [-0.39, 0.29) is 18.7 Å². The molecule has 2 unspecified atom stereocenters. The van der Waals surface area contributed by atoms with Crippen LogP contribution in [0.5, 0.6) is 0 Å². The summed E-state index contributed by atoms with van der Waals surface area (Å²) in [6, 6.07) is 2.68. The molecule has 1 aromatic carbocycles. The number of carbonyl (C=O) groups excluding carboxylic acids is 2. The van der Waals surface area contributed by atoms with Crippen molar-refractivity contribution in [1.29, 1.82) is 0 Å². The van der Waals surface area contributed by atoms with Crippen molar-refractivity contribution in [2.45, 2.75) is 39.8 Å². The molecule has 1 heterocycles. The summed E-state index contributed by atoms with van der Waals surface area (Å²) in [6.07, 6.45) is 2.51. The average Bonchev–Trinajstić information content (AvgIpc) is 3.13. The maximum absolute atomic E-state index is 14.5. The predicted molar refractivity (Wildman–Crippen MR) is 94.9 cm³/mol. The molecule has 0 fully saturated rings. The summed E-state index contributed by atoms with van der Waals surface area (Å²) in [4.78, 5) is 29.1. The fraction of sp³-hybridized carbons (Fsp3) is 0.474. The smallest absolute Gasteiger partial charge is 0.319 e. The molecule has 0 aliphatic carbocycles. The van der Waals surface area contributed by atoms with Crippen LogP contribution in [-0.2, 0) is 26.5 Å². The van der Waals surface area contributed by atoms with Gasteiger partial charge in [0.25, 0.3) is 0 Å². The van der Waals surface area contributed by atoms with E-state index >= 15 is 0 Å². The van der Waals surface area contributed by atoms with E-state index in [9.17, 15) is 23.5 Å². The zero-order valence-electron chi connectivity index (χ0n) is 16.1. The second-order valence-corrected chi connectivity index (χ2v) is 7.07. The van der Waals surface area contributed by atoms with Crippen LogP contribution >= 0.6 is 0 Å². The summed E-state index contributed by atoms with van der Waals surface area (Å²) < 4.78 is 34.1. The summed E-state index contributed by atoms with van der Waals surface area (Å²) in [5, 5.41) is 15.3. The lowest BCUT2D eigenvalue weighted by atomic mass is 9.72. The number of carbonyl (C=O) groups is 2. The zero-order chi connectivity index (χ0) is 21.1. The first-order valence-corrected chi connectivity index (χ1v) is 8.76. The van der Waals surface area contributed by atoms with E-state index in [1.807, 2.05) is 0 Å². The number of ketones is 1. The van der Waals surface area contributed by atoms with E-state index in [1.54, 1.807) is 6.92 Å². The lowest BCUT2D eigenvalue weighted by Gasteiger charge is -2.37. The van der Waals surface area contributed by atoms with Gasteiger partial charge in [-0.05, 0) is 26.8 Å². The Morgan fingerprint density at radius 1 is 1.32 bits per heavy atom. The molecule has 1 N–H and O–H groups in total. The van der Waals surface area contributed by atoms with Gasteiger partial charge in [-0.25, -0.2) is 18.4 Å². The Balaban J connectivity index is 2.51. The van der Waals surface area contributed by atoms with Crippen molar-refractivity contribution in [2.75, 3.05) is 6.61 Å². The Kier molecular flexibility index (Phi) is 6.28. The van der Waals surface area contributed by atoms with Gasteiger partial charge < -0.3 is 9.84 Å². The third-order valence-electron chi connectivity index (χ3n) is 4.78. The van der Waals surface area contributed by atoms with Crippen LogP contribution in [0.1, 0.15) is 33.3 Å². The Labute approximate surface area is 161 Å². The maximum atomic E-state index is 14.5. The van der Waals surface area contributed by atoms with Gasteiger partial charge in [0.2, 0.25) is 0 Å². The average molecular weight is 395 g/mol. The molecule has 0 saturated heterocycles. The van der Waals surface area contributed by atoms with Gasteiger partial charge in [0, 0.05) is 11.6 Å². The number of nitrogens with zero attached hydrogens (tertiary/aromatic N) is 3. The highest BCUT2D eigenvalue weighted by Crippen LogP contribution is 2.38. The molecule has 0 radical (unpaired) electrons. The normalized spacial score (nSPS) is 15.0. The number of Topliss-reactive ketones (excluding diaryl/α,β-unsaturated/α-hetero) is 1. The Bertz CT molecular complexity index is 855. The molecule has 0 bridgehead atoms. The minimum atomic E-state index is -2.12. The molecule has 0 aliphatic rings. The number of esters is 1. The molecule has 0 spiro atoms. The molecule has 0 amide bonds. The first-order chi connectivity index (χ1) is 13.0. The van der Waals surface area contributed by atoms with Crippen molar-refractivity contribution in [2.24, 2.45) is 11.3 Å². The second kappa shape index (κ2) is 8.14. The lowest BCUT2D eigenvalue weighted by Crippen LogP contribution is -2.49. The summed E-state index contributed by atoms with van der Waals surface area (Å²) in [5.74, 6) is -4.51. The standard InChI is InChI=1S/C19H23F2N3O4/c1-5-28-17(26)18(3,4)16(25)12(2)19(27,9-24-11-22-10-23-24)14-7-6-13(20)8-15(14)21/h6-8,10-12,27H,5,9H2,1-4H3. The van der Waals surface area contributed by atoms with E-state index in [1.165, 1.54) is 38.1 Å². The molecular formula is C19H23F2N3O4. The van der Waals surface area contributed by atoms with Crippen molar-refractivity contribution >= 4 is 11.8 Å². The molecule has 1 aromatic heterocycles. The van der Waals surface area contributed by atoms with Crippen molar-refractivity contribution in [3.8, 4) is 0 Å². The van der Waals surface area contributed by atoms with E-state index < -0.39 is 40.3 Å². The quantitative estimate of drug-likeness (QED) is 0.544. The van der Waals surface area contributed by atoms with Gasteiger partial charge in [0.05, 0.1) is 19.1 Å². The molecular weight excluding hydrogens is 372 g/mol. The van der Waals surface area contributed by atoms with Crippen molar-refractivity contribution in [3.63, 3.8) is 0 Å². The number of benzene rings is 1. The second-order valence-electron chi connectivity index (χ2n) is 7.07. The maximum Gasteiger partial charge on any atom is 0.319 e. The Morgan fingerprint density at radius 2 is 2.00 bits per heavy atom. The number of rotatable bonds is 8. The number of hydrogen-bond acceptors (Lipinski definition) is 6. The van der Waals surface area contributed by atoms with Crippen LogP contribution in [0.4, 0.5) is 8.78 Å². The molecule has 7 nitrogen and oxygen atoms in total. The number of halogens is 2. The summed E-state index contributed by atoms with van der Waals surface area (Å²) in [6.45, 7) is 5.49. The fourth-order valence-corrected chi connectivity index (χ4v) is 3.03. The van der Waals surface area contributed by atoms with Crippen LogP contribution in [-0.4, -0.2) is 38.2 Å². The first-order valence-electron chi connectivity index (χ1n) is 8.76. The number of aromatic nitrogens is 3. The number of aliphatic hydroxyl groups is 1. The lowest BCUT2D eigenvalue weighted by molar-refractivity contribution is -0.162. The van der Waals surface area contributed by atoms with Crippen LogP contribution in [0.2, 0.25) is 0 Å². The highest BCUT2D eigenvalue weighted by molar-refractivity contribution is 6.04. The van der Waals surface area contributed by atoms with Crippen LogP contribution in [0, 0.1) is 23.0 Å². The molecule has 2 atom stereocenters. The van der Waals surface area contributed by atoms with Gasteiger partial charge in [-0.2, -0.15) is 5.10 Å². The summed E-state index contributed by atoms with van der Waals surface area (Å²) in [5.41, 5.74) is -3.99. The topological polar surface area (TPSA) is 94.3 Å².